The number of halogens is 1. The summed E-state index contributed by atoms with van der Waals surface area (Å²) in [6.45, 7) is 0.383. The van der Waals surface area contributed by atoms with Gasteiger partial charge in [-0.25, -0.2) is 13.2 Å². The summed E-state index contributed by atoms with van der Waals surface area (Å²) in [7, 11) is -3.69. The van der Waals surface area contributed by atoms with Crippen LogP contribution in [0, 0.1) is 0 Å². The smallest absolute Gasteiger partial charge is 0.340 e. The molecule has 0 spiro atoms. The van der Waals surface area contributed by atoms with Gasteiger partial charge in [0.1, 0.15) is 0 Å². The van der Waals surface area contributed by atoms with Crippen LogP contribution in [0.3, 0.4) is 0 Å². The van der Waals surface area contributed by atoms with E-state index in [1.807, 2.05) is 29.0 Å². The van der Waals surface area contributed by atoms with E-state index in [1.165, 1.54) is 45.2 Å². The van der Waals surface area contributed by atoms with Gasteiger partial charge in [0.2, 0.25) is 10.0 Å². The molecule has 0 atom stereocenters. The van der Waals surface area contributed by atoms with Gasteiger partial charge in [0.15, 0.2) is 6.61 Å². The van der Waals surface area contributed by atoms with Crippen molar-refractivity contribution in [1.82, 2.24) is 4.31 Å². The van der Waals surface area contributed by atoms with Crippen LogP contribution in [0.4, 0.5) is 5.69 Å². The van der Waals surface area contributed by atoms with E-state index in [4.69, 9.17) is 16.3 Å². The number of ether oxygens (including phenoxy) is 1. The van der Waals surface area contributed by atoms with Crippen LogP contribution in [-0.4, -0.2) is 44.3 Å². The highest BCUT2D eigenvalue weighted by atomic mass is 35.5. The number of nitrogens with zero attached hydrogens (tertiary/aromatic N) is 1. The lowest BCUT2D eigenvalue weighted by Gasteiger charge is -2.26. The molecular weight excluding hydrogens is 528 g/mol. The summed E-state index contributed by atoms with van der Waals surface area (Å²) in [6.07, 6.45) is 4.36. The van der Waals surface area contributed by atoms with Gasteiger partial charge in [0, 0.05) is 22.8 Å². The number of hydrogen-bond acceptors (Lipinski definition) is 7. The van der Waals surface area contributed by atoms with Crippen LogP contribution >= 0.6 is 34.3 Å². The maximum Gasteiger partial charge on any atom is 0.340 e. The maximum absolute atomic E-state index is 13.0. The van der Waals surface area contributed by atoms with Crippen LogP contribution in [0.1, 0.15) is 29.0 Å². The zero-order valence-electron chi connectivity index (χ0n) is 18.6. The first-order valence-corrected chi connectivity index (χ1v) is 14.5. The Kier molecular flexibility index (Phi) is 8.40. The van der Waals surface area contributed by atoms with Gasteiger partial charge in [0.25, 0.3) is 5.91 Å². The summed E-state index contributed by atoms with van der Waals surface area (Å²) in [6, 6.07) is 11.6. The predicted molar refractivity (Wildman–Crippen MR) is 140 cm³/mol. The topological polar surface area (TPSA) is 92.8 Å². The molecule has 1 aliphatic rings. The Bertz CT molecular complexity index is 1310. The Morgan fingerprint density at radius 3 is 2.49 bits per heavy atom. The fourth-order valence-electron chi connectivity index (χ4n) is 3.59. The minimum atomic E-state index is -3.69. The molecule has 0 unspecified atom stereocenters. The number of rotatable bonds is 8. The highest BCUT2D eigenvalue weighted by Gasteiger charge is 2.27. The molecule has 1 amide bonds. The number of hydrogen-bond donors (Lipinski definition) is 1. The van der Waals surface area contributed by atoms with E-state index in [0.29, 0.717) is 18.7 Å². The second kappa shape index (κ2) is 11.5. The molecule has 3 heterocycles. The van der Waals surface area contributed by atoms with E-state index >= 15 is 0 Å². The number of amides is 1. The summed E-state index contributed by atoms with van der Waals surface area (Å²) >= 11 is 9.07. The third kappa shape index (κ3) is 6.39. The van der Waals surface area contributed by atoms with Gasteiger partial charge in [-0.05, 0) is 60.0 Å². The molecule has 3 aromatic rings. The molecule has 7 nitrogen and oxygen atoms in total. The summed E-state index contributed by atoms with van der Waals surface area (Å²) in [5, 5.41) is 6.49. The van der Waals surface area contributed by atoms with Gasteiger partial charge in [-0.2, -0.15) is 4.31 Å². The van der Waals surface area contributed by atoms with Crippen molar-refractivity contribution in [3.63, 3.8) is 0 Å². The zero-order chi connectivity index (χ0) is 24.8. The first-order valence-electron chi connectivity index (χ1n) is 10.9. The Morgan fingerprint density at radius 1 is 1.06 bits per heavy atom. The SMILES string of the molecule is O=C(COC(=O)/C(=C/c1cccs1)c1cccs1)Nc1cc(S(=O)(=O)N2CCCCC2)ccc1Cl. The van der Waals surface area contributed by atoms with Crippen LogP contribution < -0.4 is 5.32 Å². The molecule has 4 rings (SSSR count). The normalized spacial score (nSPS) is 15.1. The fourth-order valence-corrected chi connectivity index (χ4v) is 6.68. The molecule has 0 saturated carbocycles. The molecule has 1 saturated heterocycles. The van der Waals surface area contributed by atoms with Crippen LogP contribution in [0.25, 0.3) is 11.6 Å². The van der Waals surface area contributed by atoms with E-state index < -0.39 is 28.5 Å². The van der Waals surface area contributed by atoms with Crippen LogP contribution in [-0.2, 0) is 24.3 Å². The van der Waals surface area contributed by atoms with Crippen LogP contribution in [0.15, 0.2) is 58.1 Å². The Morgan fingerprint density at radius 2 is 1.80 bits per heavy atom. The highest BCUT2D eigenvalue weighted by molar-refractivity contribution is 7.89. The molecule has 0 radical (unpaired) electrons. The number of carbonyl (C=O) groups is 2. The molecular formula is C24H23ClN2O5S3. The van der Waals surface area contributed by atoms with E-state index in [9.17, 15) is 18.0 Å². The second-order valence-corrected chi connectivity index (χ2v) is 12.1. The largest absolute Gasteiger partial charge is 0.452 e. The zero-order valence-corrected chi connectivity index (χ0v) is 21.8. The van der Waals surface area contributed by atoms with Gasteiger partial charge in [0.05, 0.1) is 21.2 Å². The van der Waals surface area contributed by atoms with Crippen molar-refractivity contribution in [2.24, 2.45) is 0 Å². The van der Waals surface area contributed by atoms with Crippen LogP contribution in [0.2, 0.25) is 5.02 Å². The Labute approximate surface area is 217 Å². The van der Waals surface area contributed by atoms with Crippen molar-refractivity contribution in [3.8, 4) is 0 Å². The average molecular weight is 551 g/mol. The van der Waals surface area contributed by atoms with E-state index in [1.54, 1.807) is 12.1 Å². The summed E-state index contributed by atoms with van der Waals surface area (Å²) in [4.78, 5) is 27.0. The summed E-state index contributed by atoms with van der Waals surface area (Å²) < 4.78 is 32.6. The molecule has 0 aliphatic carbocycles. The number of thiophene rings is 2. The van der Waals surface area contributed by atoms with Crippen molar-refractivity contribution in [2.45, 2.75) is 24.2 Å². The molecule has 184 valence electrons. The molecule has 0 bridgehead atoms. The fraction of sp³-hybridized carbons (Fsp3) is 0.250. The Balaban J connectivity index is 1.44. The molecule has 11 heteroatoms. The first kappa shape index (κ1) is 25.6. The quantitative estimate of drug-likeness (QED) is 0.301. The third-order valence-corrected chi connectivity index (χ3v) is 9.28. The lowest BCUT2D eigenvalue weighted by Crippen LogP contribution is -2.35. The number of piperidine rings is 1. The number of carbonyl (C=O) groups excluding carboxylic acids is 2. The van der Waals surface area contributed by atoms with Gasteiger partial charge >= 0.3 is 5.97 Å². The van der Waals surface area contributed by atoms with E-state index in [-0.39, 0.29) is 15.6 Å². The molecule has 35 heavy (non-hydrogen) atoms. The number of sulfonamides is 1. The number of nitrogens with one attached hydrogen (secondary N) is 1. The van der Waals surface area contributed by atoms with Gasteiger partial charge in [-0.1, -0.05) is 30.2 Å². The van der Waals surface area contributed by atoms with Crippen molar-refractivity contribution < 1.29 is 22.7 Å². The van der Waals surface area contributed by atoms with Crippen molar-refractivity contribution >= 4 is 73.5 Å². The van der Waals surface area contributed by atoms with E-state index in [2.05, 4.69) is 5.32 Å². The number of anilines is 1. The Hall–Kier alpha value is -2.50. The maximum atomic E-state index is 13.0. The monoisotopic (exact) mass is 550 g/mol. The molecule has 1 aromatic carbocycles. The van der Waals surface area contributed by atoms with Gasteiger partial charge < -0.3 is 10.1 Å². The molecule has 1 N–H and O–H groups in total. The number of esters is 1. The predicted octanol–water partition coefficient (Wildman–Crippen LogP) is 5.36. The van der Waals surface area contributed by atoms with Crippen molar-refractivity contribution in [3.05, 3.63) is 68.0 Å². The molecule has 1 fully saturated rings. The molecule has 1 aliphatic heterocycles. The highest BCUT2D eigenvalue weighted by Crippen LogP contribution is 2.29. The van der Waals surface area contributed by atoms with Gasteiger partial charge in [-0.15, -0.1) is 22.7 Å². The lowest BCUT2D eigenvalue weighted by molar-refractivity contribution is -0.141. The lowest BCUT2D eigenvalue weighted by atomic mass is 10.2. The summed E-state index contributed by atoms with van der Waals surface area (Å²) in [5.74, 6) is -1.27. The third-order valence-electron chi connectivity index (χ3n) is 5.34. The molecule has 2 aromatic heterocycles. The van der Waals surface area contributed by atoms with Crippen molar-refractivity contribution in [2.75, 3.05) is 25.0 Å². The second-order valence-electron chi connectivity index (χ2n) is 7.78. The first-order chi connectivity index (χ1) is 16.8. The van der Waals surface area contributed by atoms with Crippen LogP contribution in [0.5, 0.6) is 0 Å². The standard InChI is InChI=1S/C24H23ClN2O5S3/c25-20-9-8-18(35(30,31)27-10-2-1-3-11-27)15-21(20)26-23(28)16-32-24(29)19(22-7-5-13-34-22)14-17-6-4-12-33-17/h4-9,12-15H,1-3,10-11,16H2,(H,26,28)/b19-14+. The van der Waals surface area contributed by atoms with E-state index in [0.717, 1.165) is 29.0 Å². The van der Waals surface area contributed by atoms with Crippen molar-refractivity contribution in [1.29, 1.82) is 0 Å². The average Bonchev–Trinajstić information content (AvgIpc) is 3.57. The number of benzene rings is 1. The minimum Gasteiger partial charge on any atom is -0.452 e. The summed E-state index contributed by atoms with van der Waals surface area (Å²) in [5.41, 5.74) is 0.487. The van der Waals surface area contributed by atoms with Gasteiger partial charge in [-0.3, -0.25) is 4.79 Å². The minimum absolute atomic E-state index is 0.0509.